The molecule has 0 radical (unpaired) electrons. The van der Waals surface area contributed by atoms with E-state index >= 15 is 0 Å². The Kier molecular flexibility index (Phi) is 6.28. The number of halogens is 1. The fraction of sp³-hybridized carbons (Fsp3) is 0.0500. The molecule has 0 aliphatic heterocycles. The molecule has 3 aromatic rings. The van der Waals surface area contributed by atoms with E-state index in [4.69, 9.17) is 9.47 Å². The van der Waals surface area contributed by atoms with E-state index in [2.05, 4.69) is 15.5 Å². The zero-order valence-electron chi connectivity index (χ0n) is 15.6. The Balaban J connectivity index is 1.67. The van der Waals surface area contributed by atoms with Gasteiger partial charge in [0.25, 0.3) is 11.6 Å². The van der Waals surface area contributed by atoms with Crippen LogP contribution >= 0.6 is 0 Å². The molecule has 0 aliphatic rings. The molecule has 0 bridgehead atoms. The predicted molar refractivity (Wildman–Crippen MR) is 105 cm³/mol. The van der Waals surface area contributed by atoms with Crippen molar-refractivity contribution in [2.45, 2.75) is 0 Å². The molecule has 0 unspecified atom stereocenters. The highest BCUT2D eigenvalue weighted by Gasteiger charge is 2.10. The van der Waals surface area contributed by atoms with Gasteiger partial charge in [0.2, 0.25) is 5.88 Å². The lowest BCUT2D eigenvalue weighted by Crippen LogP contribution is -2.17. The van der Waals surface area contributed by atoms with Crippen molar-refractivity contribution in [1.29, 1.82) is 0 Å². The third kappa shape index (κ3) is 5.13. The summed E-state index contributed by atoms with van der Waals surface area (Å²) >= 11 is 0. The molecule has 2 aromatic carbocycles. The van der Waals surface area contributed by atoms with Crippen LogP contribution in [0, 0.1) is 15.9 Å². The lowest BCUT2D eigenvalue weighted by molar-refractivity contribution is -0.385. The number of rotatable bonds is 7. The number of carbonyl (C=O) groups is 1. The molecule has 1 aromatic heterocycles. The van der Waals surface area contributed by atoms with Crippen molar-refractivity contribution in [3.05, 3.63) is 87.9 Å². The molecule has 0 fully saturated rings. The van der Waals surface area contributed by atoms with Crippen LogP contribution in [0.2, 0.25) is 0 Å². The first kappa shape index (κ1) is 20.4. The number of hydrogen-bond donors (Lipinski definition) is 1. The van der Waals surface area contributed by atoms with E-state index in [1.807, 2.05) is 0 Å². The fourth-order valence-corrected chi connectivity index (χ4v) is 2.33. The Bertz CT molecular complexity index is 1090. The number of aromatic nitrogens is 1. The minimum atomic E-state index is -0.555. The van der Waals surface area contributed by atoms with Crippen molar-refractivity contribution in [1.82, 2.24) is 10.4 Å². The zero-order valence-corrected chi connectivity index (χ0v) is 15.6. The molecule has 1 heterocycles. The summed E-state index contributed by atoms with van der Waals surface area (Å²) in [6, 6.07) is 12.6. The van der Waals surface area contributed by atoms with Crippen molar-refractivity contribution >= 4 is 17.8 Å². The van der Waals surface area contributed by atoms with Gasteiger partial charge in [0, 0.05) is 17.7 Å². The van der Waals surface area contributed by atoms with Crippen molar-refractivity contribution in [3.63, 3.8) is 0 Å². The van der Waals surface area contributed by atoms with E-state index in [0.29, 0.717) is 17.1 Å². The quantitative estimate of drug-likeness (QED) is 0.361. The molecule has 1 N–H and O–H groups in total. The van der Waals surface area contributed by atoms with Gasteiger partial charge in [0.05, 0.1) is 18.2 Å². The number of nitro groups is 1. The van der Waals surface area contributed by atoms with Crippen molar-refractivity contribution in [2.75, 3.05) is 7.11 Å². The first-order valence-corrected chi connectivity index (χ1v) is 8.51. The SMILES string of the molecule is COc1cc(/C=N\NC(=O)c2ccc(F)cc2)ccc1Oc1ccc([N+](=O)[O-])cn1. The smallest absolute Gasteiger partial charge is 0.287 e. The number of nitrogens with one attached hydrogen (secondary N) is 1. The van der Waals surface area contributed by atoms with Crippen LogP contribution in [0.15, 0.2) is 65.9 Å². The minimum Gasteiger partial charge on any atom is -0.493 e. The Hall–Kier alpha value is -4.34. The Morgan fingerprint density at radius 2 is 1.93 bits per heavy atom. The van der Waals surface area contributed by atoms with Gasteiger partial charge in [-0.1, -0.05) is 0 Å². The topological polar surface area (TPSA) is 116 Å². The summed E-state index contributed by atoms with van der Waals surface area (Å²) in [5, 5.41) is 14.5. The normalized spacial score (nSPS) is 10.6. The van der Waals surface area contributed by atoms with Crippen LogP contribution in [-0.2, 0) is 0 Å². The second-order valence-corrected chi connectivity index (χ2v) is 5.83. The lowest BCUT2D eigenvalue weighted by Gasteiger charge is -2.10. The highest BCUT2D eigenvalue weighted by molar-refractivity contribution is 5.94. The van der Waals surface area contributed by atoms with Crippen molar-refractivity contribution in [2.24, 2.45) is 5.10 Å². The standard InChI is InChI=1S/C20H15FN4O5/c1-29-18-10-13(11-23-24-20(26)14-3-5-15(21)6-4-14)2-8-17(18)30-19-9-7-16(12-22-19)25(27)28/h2-12H,1H3,(H,24,26)/b23-11-. The number of carbonyl (C=O) groups excluding carboxylic acids is 1. The van der Waals surface area contributed by atoms with Crippen molar-refractivity contribution < 1.29 is 23.6 Å². The molecule has 9 nitrogen and oxygen atoms in total. The summed E-state index contributed by atoms with van der Waals surface area (Å²) in [4.78, 5) is 26.0. The van der Waals surface area contributed by atoms with Gasteiger partial charge in [-0.25, -0.2) is 14.8 Å². The Morgan fingerprint density at radius 3 is 2.57 bits per heavy atom. The van der Waals surface area contributed by atoms with Gasteiger partial charge in [0.15, 0.2) is 11.5 Å². The van der Waals surface area contributed by atoms with Crippen LogP contribution in [-0.4, -0.2) is 29.1 Å². The predicted octanol–water partition coefficient (Wildman–Crippen LogP) is 3.69. The highest BCUT2D eigenvalue weighted by Crippen LogP contribution is 2.31. The lowest BCUT2D eigenvalue weighted by atomic mass is 10.2. The van der Waals surface area contributed by atoms with E-state index in [-0.39, 0.29) is 17.1 Å². The maximum atomic E-state index is 12.9. The summed E-state index contributed by atoms with van der Waals surface area (Å²) in [6.07, 6.45) is 2.49. The number of hydrogen-bond acceptors (Lipinski definition) is 7. The van der Waals surface area contributed by atoms with Gasteiger partial charge in [0.1, 0.15) is 12.0 Å². The molecule has 1 amide bonds. The first-order chi connectivity index (χ1) is 14.5. The number of nitrogens with zero attached hydrogens (tertiary/aromatic N) is 3. The van der Waals surface area contributed by atoms with Gasteiger partial charge in [-0.15, -0.1) is 0 Å². The highest BCUT2D eigenvalue weighted by atomic mass is 19.1. The maximum absolute atomic E-state index is 12.9. The van der Waals surface area contributed by atoms with Crippen LogP contribution in [0.3, 0.4) is 0 Å². The second kappa shape index (κ2) is 9.24. The first-order valence-electron chi connectivity index (χ1n) is 8.51. The Morgan fingerprint density at radius 1 is 1.17 bits per heavy atom. The minimum absolute atomic E-state index is 0.149. The largest absolute Gasteiger partial charge is 0.493 e. The molecule has 3 rings (SSSR count). The van der Waals surface area contributed by atoms with Crippen LogP contribution in [0.4, 0.5) is 10.1 Å². The van der Waals surface area contributed by atoms with Gasteiger partial charge in [-0.05, 0) is 48.0 Å². The maximum Gasteiger partial charge on any atom is 0.287 e. The molecule has 152 valence electrons. The molecule has 0 saturated heterocycles. The number of methoxy groups -OCH3 is 1. The van der Waals surface area contributed by atoms with Gasteiger partial charge >= 0.3 is 0 Å². The number of hydrazone groups is 1. The van der Waals surface area contributed by atoms with Gasteiger partial charge in [-0.2, -0.15) is 5.10 Å². The molecule has 0 atom stereocenters. The van der Waals surface area contributed by atoms with E-state index in [9.17, 15) is 19.3 Å². The van der Waals surface area contributed by atoms with E-state index in [1.54, 1.807) is 18.2 Å². The third-order valence-corrected chi connectivity index (χ3v) is 3.82. The molecular weight excluding hydrogens is 395 g/mol. The number of amides is 1. The van der Waals surface area contributed by atoms with Gasteiger partial charge < -0.3 is 9.47 Å². The molecule has 0 aliphatic carbocycles. The monoisotopic (exact) mass is 410 g/mol. The van der Waals surface area contributed by atoms with Crippen LogP contribution in [0.5, 0.6) is 17.4 Å². The average Bonchev–Trinajstić information content (AvgIpc) is 2.75. The molecule has 0 spiro atoms. The summed E-state index contributed by atoms with van der Waals surface area (Å²) in [5.41, 5.74) is 3.07. The van der Waals surface area contributed by atoms with E-state index in [0.717, 1.165) is 6.20 Å². The molecule has 30 heavy (non-hydrogen) atoms. The number of pyridine rings is 1. The summed E-state index contributed by atoms with van der Waals surface area (Å²) < 4.78 is 23.8. The summed E-state index contributed by atoms with van der Waals surface area (Å²) in [6.45, 7) is 0. The molecule has 10 heteroatoms. The van der Waals surface area contributed by atoms with E-state index < -0.39 is 16.6 Å². The molecule has 0 saturated carbocycles. The Labute approximate surface area is 169 Å². The van der Waals surface area contributed by atoms with E-state index in [1.165, 1.54) is 49.7 Å². The third-order valence-electron chi connectivity index (χ3n) is 3.82. The zero-order chi connectivity index (χ0) is 21.5. The van der Waals surface area contributed by atoms with Crippen LogP contribution < -0.4 is 14.9 Å². The van der Waals surface area contributed by atoms with Gasteiger partial charge in [-0.3, -0.25) is 14.9 Å². The number of benzene rings is 2. The molecular formula is C20H15FN4O5. The number of ether oxygens (including phenoxy) is 2. The van der Waals surface area contributed by atoms with Crippen LogP contribution in [0.25, 0.3) is 0 Å². The average molecular weight is 410 g/mol. The fourth-order valence-electron chi connectivity index (χ4n) is 2.33. The summed E-state index contributed by atoms with van der Waals surface area (Å²) in [7, 11) is 1.45. The van der Waals surface area contributed by atoms with Crippen LogP contribution in [0.1, 0.15) is 15.9 Å². The van der Waals surface area contributed by atoms with Crippen molar-refractivity contribution in [3.8, 4) is 17.4 Å². The second-order valence-electron chi connectivity index (χ2n) is 5.83. The summed E-state index contributed by atoms with van der Waals surface area (Å²) in [5.74, 6) is -0.0574.